The van der Waals surface area contributed by atoms with Crippen molar-refractivity contribution in [2.45, 2.75) is 54.4 Å². The molecule has 2 aromatic rings. The van der Waals surface area contributed by atoms with Crippen LogP contribution in [0.25, 0.3) is 0 Å². The number of amides is 1. The summed E-state index contributed by atoms with van der Waals surface area (Å²) < 4.78 is 27.0. The van der Waals surface area contributed by atoms with Gasteiger partial charge >= 0.3 is 0 Å². The van der Waals surface area contributed by atoms with Crippen LogP contribution < -0.4 is 5.32 Å². The molecule has 1 aliphatic heterocycles. The van der Waals surface area contributed by atoms with Crippen molar-refractivity contribution < 1.29 is 13.2 Å². The fourth-order valence-corrected chi connectivity index (χ4v) is 7.26. The third-order valence-corrected chi connectivity index (χ3v) is 9.42. The summed E-state index contributed by atoms with van der Waals surface area (Å²) in [7, 11) is -3.37. The number of sulfonamides is 1. The van der Waals surface area contributed by atoms with Gasteiger partial charge in [0, 0.05) is 29.2 Å². The van der Waals surface area contributed by atoms with E-state index >= 15 is 0 Å². The normalized spacial score (nSPS) is 18.8. The Kier molecular flexibility index (Phi) is 7.35. The van der Waals surface area contributed by atoms with Gasteiger partial charge in [-0.15, -0.1) is 11.8 Å². The van der Waals surface area contributed by atoms with Gasteiger partial charge in [0.1, 0.15) is 0 Å². The van der Waals surface area contributed by atoms with E-state index in [2.05, 4.69) is 11.4 Å². The van der Waals surface area contributed by atoms with Crippen molar-refractivity contribution in [1.29, 1.82) is 0 Å². The number of benzene rings is 2. The molecule has 2 aromatic carbocycles. The number of nitrogens with one attached hydrogen (secondary N) is 1. The highest BCUT2D eigenvalue weighted by Gasteiger charge is 2.31. The minimum atomic E-state index is -3.37. The van der Waals surface area contributed by atoms with Crippen LogP contribution in [-0.2, 0) is 20.6 Å². The molecule has 0 bridgehead atoms. The van der Waals surface area contributed by atoms with E-state index in [4.69, 9.17) is 0 Å². The molecule has 0 unspecified atom stereocenters. The lowest BCUT2D eigenvalue weighted by Crippen LogP contribution is -2.41. The highest BCUT2D eigenvalue weighted by atomic mass is 32.2. The van der Waals surface area contributed by atoms with Crippen molar-refractivity contribution in [3.8, 4) is 0 Å². The van der Waals surface area contributed by atoms with Gasteiger partial charge in [0.05, 0.1) is 11.4 Å². The predicted molar refractivity (Wildman–Crippen MR) is 127 cm³/mol. The van der Waals surface area contributed by atoms with Gasteiger partial charge in [0.2, 0.25) is 15.9 Å². The summed E-state index contributed by atoms with van der Waals surface area (Å²) in [5.41, 5.74) is 1.67. The number of hydrogen-bond acceptors (Lipinski definition) is 4. The van der Waals surface area contributed by atoms with Crippen molar-refractivity contribution >= 4 is 33.4 Å². The number of carbonyl (C=O) groups is 1. The first-order chi connectivity index (χ1) is 15.0. The lowest BCUT2D eigenvalue weighted by Gasteiger charge is -2.30. The topological polar surface area (TPSA) is 66.5 Å². The summed E-state index contributed by atoms with van der Waals surface area (Å²) in [6, 6.07) is 17.3. The Morgan fingerprint density at radius 2 is 1.58 bits per heavy atom. The molecular formula is C24H30N2O3S2. The minimum absolute atomic E-state index is 0.000390. The summed E-state index contributed by atoms with van der Waals surface area (Å²) in [4.78, 5) is 14.0. The van der Waals surface area contributed by atoms with Crippen LogP contribution in [0.1, 0.15) is 44.1 Å². The molecule has 31 heavy (non-hydrogen) atoms. The first-order valence-electron chi connectivity index (χ1n) is 11.1. The molecule has 2 fully saturated rings. The van der Waals surface area contributed by atoms with Crippen LogP contribution in [0.5, 0.6) is 0 Å². The molecule has 4 rings (SSSR count). The number of hydrogen-bond donors (Lipinski definition) is 1. The van der Waals surface area contributed by atoms with Gasteiger partial charge in [-0.2, -0.15) is 0 Å². The SMILES string of the molecule is O=C(Nc1ccccc1SC1CCCC1)C1CCN(S(=O)(=O)Cc2ccccc2)CC1. The zero-order valence-electron chi connectivity index (χ0n) is 17.7. The van der Waals surface area contributed by atoms with Gasteiger partial charge in [-0.3, -0.25) is 4.79 Å². The van der Waals surface area contributed by atoms with E-state index in [0.717, 1.165) is 16.1 Å². The highest BCUT2D eigenvalue weighted by molar-refractivity contribution is 8.00. The zero-order chi connectivity index (χ0) is 21.7. The number of anilines is 1. The van der Waals surface area contributed by atoms with Crippen molar-refractivity contribution in [3.63, 3.8) is 0 Å². The predicted octanol–water partition coefficient (Wildman–Crippen LogP) is 4.90. The summed E-state index contributed by atoms with van der Waals surface area (Å²) >= 11 is 1.87. The van der Waals surface area contributed by atoms with Crippen molar-refractivity contribution in [2.24, 2.45) is 5.92 Å². The van der Waals surface area contributed by atoms with E-state index in [-0.39, 0.29) is 17.6 Å². The number of carbonyl (C=O) groups excluding carboxylic acids is 1. The molecule has 1 heterocycles. The van der Waals surface area contributed by atoms with Gasteiger partial charge < -0.3 is 5.32 Å². The van der Waals surface area contributed by atoms with E-state index in [1.165, 1.54) is 30.0 Å². The molecular weight excluding hydrogens is 428 g/mol. The maximum atomic E-state index is 12.9. The van der Waals surface area contributed by atoms with Crippen molar-refractivity contribution in [3.05, 3.63) is 60.2 Å². The molecule has 5 nitrogen and oxygen atoms in total. The molecule has 1 amide bonds. The van der Waals surface area contributed by atoms with Crippen LogP contribution in [0.4, 0.5) is 5.69 Å². The van der Waals surface area contributed by atoms with Crippen LogP contribution in [-0.4, -0.2) is 37.0 Å². The minimum Gasteiger partial charge on any atom is -0.325 e. The largest absolute Gasteiger partial charge is 0.325 e. The Balaban J connectivity index is 1.32. The van der Waals surface area contributed by atoms with Crippen LogP contribution in [0.15, 0.2) is 59.5 Å². The molecule has 0 radical (unpaired) electrons. The Hall–Kier alpha value is -1.83. The van der Waals surface area contributed by atoms with Crippen LogP contribution in [0, 0.1) is 5.92 Å². The zero-order valence-corrected chi connectivity index (χ0v) is 19.3. The molecule has 1 saturated carbocycles. The van der Waals surface area contributed by atoms with Gasteiger partial charge in [-0.05, 0) is 43.4 Å². The molecule has 1 aliphatic carbocycles. The second-order valence-electron chi connectivity index (χ2n) is 8.42. The maximum absolute atomic E-state index is 12.9. The van der Waals surface area contributed by atoms with Crippen LogP contribution in [0.2, 0.25) is 0 Å². The Morgan fingerprint density at radius 3 is 2.29 bits per heavy atom. The third kappa shape index (κ3) is 5.90. The summed E-state index contributed by atoms with van der Waals surface area (Å²) in [5, 5.41) is 3.76. The second-order valence-corrected chi connectivity index (χ2v) is 11.7. The smallest absolute Gasteiger partial charge is 0.227 e. The average molecular weight is 459 g/mol. The quantitative estimate of drug-likeness (QED) is 0.641. The number of piperidine rings is 1. The van der Waals surface area contributed by atoms with Gasteiger partial charge in [0.15, 0.2) is 0 Å². The summed E-state index contributed by atoms with van der Waals surface area (Å²) in [6.45, 7) is 0.789. The Morgan fingerprint density at radius 1 is 0.935 bits per heavy atom. The number of nitrogens with zero attached hydrogens (tertiary/aromatic N) is 1. The lowest BCUT2D eigenvalue weighted by molar-refractivity contribution is -0.120. The van der Waals surface area contributed by atoms with Gasteiger partial charge in [-0.25, -0.2) is 12.7 Å². The van der Waals surface area contributed by atoms with E-state index in [1.807, 2.05) is 60.3 Å². The molecule has 0 atom stereocenters. The van der Waals surface area contributed by atoms with E-state index in [1.54, 1.807) is 0 Å². The fraction of sp³-hybridized carbons (Fsp3) is 0.458. The van der Waals surface area contributed by atoms with Crippen LogP contribution >= 0.6 is 11.8 Å². The molecule has 0 spiro atoms. The van der Waals surface area contributed by atoms with Crippen molar-refractivity contribution in [2.75, 3.05) is 18.4 Å². The van der Waals surface area contributed by atoms with Gasteiger partial charge in [0.25, 0.3) is 0 Å². The second kappa shape index (κ2) is 10.2. The molecule has 2 aliphatic rings. The molecule has 7 heteroatoms. The van der Waals surface area contributed by atoms with Crippen LogP contribution in [0.3, 0.4) is 0 Å². The average Bonchev–Trinajstić information content (AvgIpc) is 3.29. The van der Waals surface area contributed by atoms with Gasteiger partial charge in [-0.1, -0.05) is 55.3 Å². The first-order valence-corrected chi connectivity index (χ1v) is 13.6. The summed E-state index contributed by atoms with van der Waals surface area (Å²) in [5.74, 6) is -0.150. The van der Waals surface area contributed by atoms with E-state index < -0.39 is 10.0 Å². The fourth-order valence-electron chi connectivity index (χ4n) is 4.37. The molecule has 1 saturated heterocycles. The molecule has 1 N–H and O–H groups in total. The standard InChI is InChI=1S/C24H30N2O3S2/c27-24(25-22-12-6-7-13-23(22)30-21-10-4-5-11-21)20-14-16-26(17-15-20)31(28,29)18-19-8-2-1-3-9-19/h1-3,6-9,12-13,20-21H,4-5,10-11,14-18H2,(H,25,27). The van der Waals surface area contributed by atoms with Crippen molar-refractivity contribution in [1.82, 2.24) is 4.31 Å². The van der Waals surface area contributed by atoms with E-state index in [0.29, 0.717) is 31.2 Å². The summed E-state index contributed by atoms with van der Waals surface area (Å²) in [6.07, 6.45) is 6.16. The monoisotopic (exact) mass is 458 g/mol. The third-order valence-electron chi connectivity index (χ3n) is 6.15. The first kappa shape index (κ1) is 22.4. The molecule has 166 valence electrons. The Bertz CT molecular complexity index is 981. The maximum Gasteiger partial charge on any atom is 0.227 e. The number of rotatable bonds is 7. The number of para-hydroxylation sites is 1. The number of thioether (sulfide) groups is 1. The van der Waals surface area contributed by atoms with E-state index in [9.17, 15) is 13.2 Å². The Labute approximate surface area is 189 Å². The highest BCUT2D eigenvalue weighted by Crippen LogP contribution is 2.38. The lowest BCUT2D eigenvalue weighted by atomic mass is 9.97. The molecule has 0 aromatic heterocycles.